The monoisotopic (exact) mass is 503 g/mol. The van der Waals surface area contributed by atoms with Crippen LogP contribution < -0.4 is 44.6 Å². The molecule has 4 unspecified atom stereocenters. The number of nitrogens with one attached hydrogen (secondary N) is 3. The van der Waals surface area contributed by atoms with Gasteiger partial charge < -0.3 is 54.8 Å². The number of aliphatic hydroxyl groups is 1. The summed E-state index contributed by atoms with van der Waals surface area (Å²) in [5.41, 5.74) is 26.7. The van der Waals surface area contributed by atoms with Crippen molar-refractivity contribution in [1.82, 2.24) is 16.0 Å². The molecule has 200 valence electrons. The van der Waals surface area contributed by atoms with Crippen LogP contribution in [-0.4, -0.2) is 89.6 Å². The highest BCUT2D eigenvalue weighted by Gasteiger charge is 2.30. The molecule has 4 amide bonds. The zero-order valence-corrected chi connectivity index (χ0v) is 19.4. The van der Waals surface area contributed by atoms with Crippen molar-refractivity contribution in [2.45, 2.75) is 62.7 Å². The van der Waals surface area contributed by atoms with Crippen LogP contribution in [-0.2, 0) is 24.0 Å². The predicted octanol–water partition coefficient (Wildman–Crippen LogP) is -5.10. The second-order valence-electron chi connectivity index (χ2n) is 7.71. The molecular formula is C19H37N9O7. The quantitative estimate of drug-likeness (QED) is 0.0479. The van der Waals surface area contributed by atoms with Crippen LogP contribution in [0.5, 0.6) is 0 Å². The summed E-state index contributed by atoms with van der Waals surface area (Å²) in [6.07, 6.45) is 1.09. The van der Waals surface area contributed by atoms with Crippen molar-refractivity contribution in [2.24, 2.45) is 33.7 Å². The van der Waals surface area contributed by atoms with Crippen LogP contribution in [0.4, 0.5) is 0 Å². The molecule has 4 atom stereocenters. The number of hydrogen-bond acceptors (Lipinski definition) is 9. The molecule has 0 fully saturated rings. The third-order valence-electron chi connectivity index (χ3n) is 4.72. The Morgan fingerprint density at radius 2 is 1.37 bits per heavy atom. The van der Waals surface area contributed by atoms with Gasteiger partial charge in [0, 0.05) is 6.54 Å². The van der Waals surface area contributed by atoms with E-state index >= 15 is 0 Å². The van der Waals surface area contributed by atoms with Gasteiger partial charge in [-0.3, -0.25) is 24.2 Å². The van der Waals surface area contributed by atoms with Crippen molar-refractivity contribution in [2.75, 3.05) is 19.7 Å². The summed E-state index contributed by atoms with van der Waals surface area (Å²) >= 11 is 0. The number of carboxylic acid groups (broad SMARTS) is 1. The molecule has 0 aliphatic rings. The average molecular weight is 504 g/mol. The molecule has 0 aromatic rings. The Morgan fingerprint density at radius 3 is 1.89 bits per heavy atom. The predicted molar refractivity (Wildman–Crippen MR) is 125 cm³/mol. The smallest absolute Gasteiger partial charge is 0.326 e. The van der Waals surface area contributed by atoms with Gasteiger partial charge in [-0.2, -0.15) is 0 Å². The van der Waals surface area contributed by atoms with Crippen LogP contribution in [0.3, 0.4) is 0 Å². The fourth-order valence-corrected chi connectivity index (χ4v) is 2.83. The number of aliphatic carboxylic acids is 1. The number of aliphatic hydroxyl groups excluding tert-OH is 1. The summed E-state index contributed by atoms with van der Waals surface area (Å²) in [5.74, 6) is -5.16. The number of guanidine groups is 1. The number of carbonyl (C=O) groups is 5. The lowest BCUT2D eigenvalue weighted by Crippen LogP contribution is -2.58. The number of carboxylic acids is 1. The molecule has 16 heteroatoms. The van der Waals surface area contributed by atoms with Gasteiger partial charge in [-0.1, -0.05) is 6.42 Å². The minimum Gasteiger partial charge on any atom is -0.480 e. The van der Waals surface area contributed by atoms with Crippen LogP contribution in [0.1, 0.15) is 38.5 Å². The van der Waals surface area contributed by atoms with Crippen molar-refractivity contribution in [3.8, 4) is 0 Å². The highest BCUT2D eigenvalue weighted by Crippen LogP contribution is 2.02. The third-order valence-corrected chi connectivity index (χ3v) is 4.72. The number of nitrogens with zero attached hydrogens (tertiary/aromatic N) is 1. The zero-order chi connectivity index (χ0) is 27.0. The highest BCUT2D eigenvalue weighted by atomic mass is 16.4. The summed E-state index contributed by atoms with van der Waals surface area (Å²) < 4.78 is 0. The summed E-state index contributed by atoms with van der Waals surface area (Å²) in [7, 11) is 0. The molecule has 0 bridgehead atoms. The molecule has 0 spiro atoms. The number of primary amides is 1. The lowest BCUT2D eigenvalue weighted by atomic mass is 10.1. The topological polar surface area (TPSA) is 304 Å². The maximum absolute atomic E-state index is 12.6. The molecule has 35 heavy (non-hydrogen) atoms. The van der Waals surface area contributed by atoms with Gasteiger partial charge in [0.1, 0.15) is 18.1 Å². The second kappa shape index (κ2) is 17.0. The van der Waals surface area contributed by atoms with E-state index in [4.69, 9.17) is 28.7 Å². The first-order valence-corrected chi connectivity index (χ1v) is 11.0. The largest absolute Gasteiger partial charge is 0.480 e. The number of rotatable bonds is 18. The first kappa shape index (κ1) is 31.5. The number of aliphatic imine (C=N–C) groups is 1. The van der Waals surface area contributed by atoms with Crippen LogP contribution >= 0.6 is 0 Å². The summed E-state index contributed by atoms with van der Waals surface area (Å²) in [6, 6.07) is -5.38. The van der Waals surface area contributed by atoms with Gasteiger partial charge in [0.2, 0.25) is 23.6 Å². The summed E-state index contributed by atoms with van der Waals surface area (Å²) in [5, 5.41) is 25.5. The second-order valence-corrected chi connectivity index (χ2v) is 7.71. The molecule has 0 rings (SSSR count). The number of carbonyl (C=O) groups excluding carboxylic acids is 4. The fraction of sp³-hybridized carbons (Fsp3) is 0.684. The lowest BCUT2D eigenvalue weighted by Gasteiger charge is -2.23. The maximum atomic E-state index is 12.6. The number of hydrogen-bond donors (Lipinski definition) is 10. The van der Waals surface area contributed by atoms with E-state index in [9.17, 15) is 34.2 Å². The highest BCUT2D eigenvalue weighted by molar-refractivity contribution is 5.96. The van der Waals surface area contributed by atoms with Crippen molar-refractivity contribution >= 4 is 35.6 Å². The zero-order valence-electron chi connectivity index (χ0n) is 19.4. The van der Waals surface area contributed by atoms with Gasteiger partial charge in [-0.25, -0.2) is 4.79 Å². The van der Waals surface area contributed by atoms with Gasteiger partial charge in [0.05, 0.1) is 19.1 Å². The van der Waals surface area contributed by atoms with Crippen molar-refractivity contribution in [3.63, 3.8) is 0 Å². The Bertz CT molecular complexity index is 759. The molecule has 0 aromatic carbocycles. The van der Waals surface area contributed by atoms with Crippen molar-refractivity contribution in [1.29, 1.82) is 0 Å². The van der Waals surface area contributed by atoms with Crippen LogP contribution in [0, 0.1) is 0 Å². The summed E-state index contributed by atoms with van der Waals surface area (Å²) in [4.78, 5) is 63.9. The maximum Gasteiger partial charge on any atom is 0.326 e. The van der Waals surface area contributed by atoms with E-state index in [-0.39, 0.29) is 31.8 Å². The Morgan fingerprint density at radius 1 is 0.800 bits per heavy atom. The van der Waals surface area contributed by atoms with E-state index in [2.05, 4.69) is 20.9 Å². The molecule has 0 heterocycles. The number of unbranched alkanes of at least 4 members (excludes halogenated alkanes) is 1. The van der Waals surface area contributed by atoms with E-state index in [1.165, 1.54) is 0 Å². The van der Waals surface area contributed by atoms with Crippen LogP contribution in [0.2, 0.25) is 0 Å². The molecule has 0 aliphatic carbocycles. The standard InChI is InChI=1S/C19H37N9O7/c20-6-2-1-4-10(21)15(31)27-12(8-14(22)30)16(32)28-13(9-29)17(33)26-11(18(34)35)5-3-7-25-19(23)24/h10-13,29H,1-9,20-21H2,(H2,22,30)(H,26,33)(H,27,31)(H,28,32)(H,34,35)(H4,23,24,25). The molecule has 0 aromatic heterocycles. The first-order chi connectivity index (χ1) is 16.4. The first-order valence-electron chi connectivity index (χ1n) is 11.0. The molecular weight excluding hydrogens is 466 g/mol. The average Bonchev–Trinajstić information content (AvgIpc) is 2.77. The van der Waals surface area contributed by atoms with E-state index in [1.807, 2.05) is 0 Å². The minimum absolute atomic E-state index is 0.0354. The van der Waals surface area contributed by atoms with Crippen LogP contribution in [0.15, 0.2) is 4.99 Å². The lowest BCUT2D eigenvalue weighted by molar-refractivity contribution is -0.143. The molecule has 0 radical (unpaired) electrons. The van der Waals surface area contributed by atoms with Crippen molar-refractivity contribution in [3.05, 3.63) is 0 Å². The summed E-state index contributed by atoms with van der Waals surface area (Å²) in [6.45, 7) is -0.344. The molecule has 0 saturated heterocycles. The van der Waals surface area contributed by atoms with E-state index < -0.39 is 66.8 Å². The van der Waals surface area contributed by atoms with Gasteiger partial charge in [0.15, 0.2) is 5.96 Å². The number of nitrogens with two attached hydrogens (primary N) is 5. The Balaban J connectivity index is 5.16. The van der Waals surface area contributed by atoms with Crippen molar-refractivity contribution < 1.29 is 34.2 Å². The van der Waals surface area contributed by atoms with Gasteiger partial charge in [-0.05, 0) is 32.2 Å². The van der Waals surface area contributed by atoms with Crippen LogP contribution in [0.25, 0.3) is 0 Å². The molecule has 0 aliphatic heterocycles. The Kier molecular flexibility index (Phi) is 15.3. The van der Waals surface area contributed by atoms with E-state index in [0.29, 0.717) is 19.4 Å². The molecule has 0 saturated carbocycles. The molecule has 15 N–H and O–H groups in total. The fourth-order valence-electron chi connectivity index (χ4n) is 2.83. The Hall–Kier alpha value is -3.50. The van der Waals surface area contributed by atoms with E-state index in [0.717, 1.165) is 0 Å². The molecule has 16 nitrogen and oxygen atoms in total. The van der Waals surface area contributed by atoms with Gasteiger partial charge >= 0.3 is 5.97 Å². The normalized spacial score (nSPS) is 14.0. The van der Waals surface area contributed by atoms with Gasteiger partial charge in [0.25, 0.3) is 0 Å². The van der Waals surface area contributed by atoms with Gasteiger partial charge in [-0.15, -0.1) is 0 Å². The minimum atomic E-state index is -1.58. The third kappa shape index (κ3) is 13.7. The van der Waals surface area contributed by atoms with E-state index in [1.54, 1.807) is 0 Å². The number of amides is 4. The Labute approximate surface area is 202 Å². The SMILES string of the molecule is NCCCCC(N)C(=O)NC(CC(N)=O)C(=O)NC(CO)C(=O)NC(CCCN=C(N)N)C(=O)O.